The van der Waals surface area contributed by atoms with Crippen LogP contribution < -0.4 is 10.4 Å². The summed E-state index contributed by atoms with van der Waals surface area (Å²) in [6.45, 7) is 1.91. The van der Waals surface area contributed by atoms with Crippen LogP contribution in [-0.4, -0.2) is 18.9 Å². The summed E-state index contributed by atoms with van der Waals surface area (Å²) >= 11 is 6.20. The fourth-order valence-corrected chi connectivity index (χ4v) is 3.46. The minimum atomic E-state index is -0.245. The maximum atomic E-state index is 12.6. The Labute approximate surface area is 135 Å². The van der Waals surface area contributed by atoms with Gasteiger partial charge in [-0.3, -0.25) is 9.80 Å². The molecule has 22 heavy (non-hydrogen) atoms. The molecule has 2 aromatic rings. The van der Waals surface area contributed by atoms with Gasteiger partial charge in [-0.25, -0.2) is 5.43 Å². The molecule has 0 amide bonds. The Morgan fingerprint density at radius 1 is 1.23 bits per heavy atom. The van der Waals surface area contributed by atoms with Gasteiger partial charge >= 0.3 is 0 Å². The first-order valence-corrected chi connectivity index (χ1v) is 7.89. The lowest BCUT2D eigenvalue weighted by Crippen LogP contribution is -2.47. The Hall–Kier alpha value is -1.84. The van der Waals surface area contributed by atoms with E-state index in [0.717, 1.165) is 16.8 Å². The number of hydrogen-bond acceptors (Lipinski definition) is 3. The highest BCUT2D eigenvalue weighted by Gasteiger charge is 2.42. The lowest BCUT2D eigenvalue weighted by molar-refractivity contribution is -0.120. The van der Waals surface area contributed by atoms with Gasteiger partial charge in [-0.2, -0.15) is 0 Å². The van der Waals surface area contributed by atoms with Crippen LogP contribution in [-0.2, 0) is 4.79 Å². The van der Waals surface area contributed by atoms with E-state index in [1.165, 1.54) is 0 Å². The molecule has 1 aliphatic heterocycles. The zero-order valence-corrected chi connectivity index (χ0v) is 13.5. The number of nitrogens with one attached hydrogen (secondary N) is 1. The van der Waals surface area contributed by atoms with Crippen molar-refractivity contribution in [3.8, 4) is 0 Å². The largest absolute Gasteiger partial charge is 0.297 e. The second-order valence-corrected chi connectivity index (χ2v) is 5.89. The van der Waals surface area contributed by atoms with Crippen LogP contribution in [0, 0.1) is 0 Å². The van der Waals surface area contributed by atoms with Crippen molar-refractivity contribution in [2.45, 2.75) is 25.3 Å². The normalized spacial score (nSPS) is 20.0. The molecule has 4 heteroatoms. The van der Waals surface area contributed by atoms with Crippen LogP contribution in [0.25, 0.3) is 0 Å². The Morgan fingerprint density at radius 3 is 2.59 bits per heavy atom. The van der Waals surface area contributed by atoms with Crippen molar-refractivity contribution in [1.29, 1.82) is 0 Å². The van der Waals surface area contributed by atoms with Gasteiger partial charge in [0.15, 0.2) is 5.78 Å². The quantitative estimate of drug-likeness (QED) is 0.932. The predicted molar refractivity (Wildman–Crippen MR) is 90.4 cm³/mol. The molecule has 2 unspecified atom stereocenters. The molecule has 2 aromatic carbocycles. The van der Waals surface area contributed by atoms with E-state index in [9.17, 15) is 4.79 Å². The van der Waals surface area contributed by atoms with Gasteiger partial charge in [-0.1, -0.05) is 48.9 Å². The molecule has 1 N–H and O–H groups in total. The molecular weight excluding hydrogens is 296 g/mol. The fourth-order valence-electron chi connectivity index (χ4n) is 3.28. The number of carbonyl (C=O) groups excluding carboxylic acids is 1. The van der Waals surface area contributed by atoms with Crippen LogP contribution in [0.15, 0.2) is 48.5 Å². The predicted octanol–water partition coefficient (Wildman–Crippen LogP) is 3.77. The molecule has 1 heterocycles. The van der Waals surface area contributed by atoms with Crippen LogP contribution >= 0.6 is 11.6 Å². The number of hydrazine groups is 1. The van der Waals surface area contributed by atoms with Gasteiger partial charge in [0.05, 0.1) is 5.69 Å². The highest BCUT2D eigenvalue weighted by molar-refractivity contribution is 6.30. The smallest absolute Gasteiger partial charge is 0.157 e. The SMILES string of the molecule is CCC(=O)C1C(c2ccccc2)c2cc(Cl)ccc2N1NC. The first-order valence-electron chi connectivity index (χ1n) is 7.51. The molecular formula is C18H19ClN2O. The number of rotatable bonds is 4. The summed E-state index contributed by atoms with van der Waals surface area (Å²) in [7, 11) is 1.85. The van der Waals surface area contributed by atoms with E-state index in [1.54, 1.807) is 0 Å². The van der Waals surface area contributed by atoms with E-state index in [4.69, 9.17) is 11.6 Å². The minimum Gasteiger partial charge on any atom is -0.297 e. The van der Waals surface area contributed by atoms with E-state index in [1.807, 2.05) is 55.4 Å². The molecule has 0 spiro atoms. The van der Waals surface area contributed by atoms with Crippen LogP contribution in [0.3, 0.4) is 0 Å². The number of fused-ring (bicyclic) bond motifs is 1. The topological polar surface area (TPSA) is 32.3 Å². The van der Waals surface area contributed by atoms with E-state index < -0.39 is 0 Å². The first-order chi connectivity index (χ1) is 10.7. The third kappa shape index (κ3) is 2.40. The van der Waals surface area contributed by atoms with Gasteiger partial charge in [0.1, 0.15) is 6.04 Å². The molecule has 3 rings (SSSR count). The van der Waals surface area contributed by atoms with Crippen molar-refractivity contribution in [1.82, 2.24) is 5.43 Å². The summed E-state index contributed by atoms with van der Waals surface area (Å²) in [5.41, 5.74) is 6.43. The second kappa shape index (κ2) is 6.11. The Balaban J connectivity index is 2.19. The van der Waals surface area contributed by atoms with Crippen molar-refractivity contribution in [2.75, 3.05) is 12.1 Å². The van der Waals surface area contributed by atoms with Gasteiger partial charge < -0.3 is 0 Å². The summed E-state index contributed by atoms with van der Waals surface area (Å²) in [6.07, 6.45) is 0.508. The highest BCUT2D eigenvalue weighted by Crippen LogP contribution is 2.45. The maximum Gasteiger partial charge on any atom is 0.157 e. The molecule has 0 bridgehead atoms. The van der Waals surface area contributed by atoms with Gasteiger partial charge in [-0.05, 0) is 29.3 Å². The van der Waals surface area contributed by atoms with E-state index in [-0.39, 0.29) is 17.7 Å². The number of halogens is 1. The average Bonchev–Trinajstić information content (AvgIpc) is 2.88. The number of anilines is 1. The van der Waals surface area contributed by atoms with Crippen LogP contribution in [0.1, 0.15) is 30.4 Å². The molecule has 0 fully saturated rings. The van der Waals surface area contributed by atoms with E-state index in [0.29, 0.717) is 11.4 Å². The summed E-state index contributed by atoms with van der Waals surface area (Å²) < 4.78 is 0. The third-order valence-corrected chi connectivity index (χ3v) is 4.49. The minimum absolute atomic E-state index is 0.00481. The second-order valence-electron chi connectivity index (χ2n) is 5.45. The zero-order valence-electron chi connectivity index (χ0n) is 12.7. The number of benzene rings is 2. The lowest BCUT2D eigenvalue weighted by atomic mass is 9.85. The standard InChI is InChI=1S/C18H19ClN2O/c1-3-16(22)18-17(12-7-5-4-6-8-12)14-11-13(19)9-10-15(14)21(18)20-2/h4-11,17-18,20H,3H2,1-2H3. The van der Waals surface area contributed by atoms with Gasteiger partial charge in [0.25, 0.3) is 0 Å². The lowest BCUT2D eigenvalue weighted by Gasteiger charge is -2.28. The number of hydrogen-bond donors (Lipinski definition) is 1. The number of ketones is 1. The molecule has 0 radical (unpaired) electrons. The number of nitrogens with zero attached hydrogens (tertiary/aromatic N) is 1. The van der Waals surface area contributed by atoms with Crippen molar-refractivity contribution in [3.05, 3.63) is 64.7 Å². The van der Waals surface area contributed by atoms with Crippen LogP contribution in [0.2, 0.25) is 5.02 Å². The number of carbonyl (C=O) groups is 1. The van der Waals surface area contributed by atoms with Crippen molar-refractivity contribution >= 4 is 23.1 Å². The monoisotopic (exact) mass is 314 g/mol. The number of Topliss-reactive ketones (excluding diaryl/α,β-unsaturated/α-hetero) is 1. The molecule has 0 aliphatic carbocycles. The van der Waals surface area contributed by atoms with E-state index >= 15 is 0 Å². The van der Waals surface area contributed by atoms with E-state index in [2.05, 4.69) is 17.6 Å². The zero-order chi connectivity index (χ0) is 15.7. The molecule has 0 saturated heterocycles. The van der Waals surface area contributed by atoms with Gasteiger partial charge in [-0.15, -0.1) is 0 Å². The van der Waals surface area contributed by atoms with Crippen molar-refractivity contribution < 1.29 is 4.79 Å². The molecule has 114 valence electrons. The molecule has 2 atom stereocenters. The molecule has 0 aromatic heterocycles. The van der Waals surface area contributed by atoms with Gasteiger partial charge in [0, 0.05) is 24.4 Å². The first kappa shape index (κ1) is 15.1. The highest BCUT2D eigenvalue weighted by atomic mass is 35.5. The van der Waals surface area contributed by atoms with Gasteiger partial charge in [0.2, 0.25) is 0 Å². The maximum absolute atomic E-state index is 12.6. The summed E-state index contributed by atoms with van der Waals surface area (Å²) in [6, 6.07) is 15.7. The Bertz CT molecular complexity index is 687. The molecule has 3 nitrogen and oxygen atoms in total. The van der Waals surface area contributed by atoms with Crippen molar-refractivity contribution in [2.24, 2.45) is 0 Å². The Kier molecular flexibility index (Phi) is 4.19. The fraction of sp³-hybridized carbons (Fsp3) is 0.278. The summed E-state index contributed by atoms with van der Waals surface area (Å²) in [5.74, 6) is 0.213. The van der Waals surface area contributed by atoms with Crippen LogP contribution in [0.5, 0.6) is 0 Å². The van der Waals surface area contributed by atoms with Crippen molar-refractivity contribution in [3.63, 3.8) is 0 Å². The summed E-state index contributed by atoms with van der Waals surface area (Å²) in [4.78, 5) is 12.6. The van der Waals surface area contributed by atoms with Crippen LogP contribution in [0.4, 0.5) is 5.69 Å². The Morgan fingerprint density at radius 2 is 1.95 bits per heavy atom. The molecule has 1 aliphatic rings. The molecule has 0 saturated carbocycles. The summed E-state index contributed by atoms with van der Waals surface area (Å²) in [5, 5.41) is 2.66. The third-order valence-electron chi connectivity index (χ3n) is 4.26. The average molecular weight is 315 g/mol.